The Labute approximate surface area is 181 Å². The van der Waals surface area contributed by atoms with Gasteiger partial charge in [-0.1, -0.05) is 43.7 Å². The van der Waals surface area contributed by atoms with Gasteiger partial charge in [-0.05, 0) is 62.5 Å². The van der Waals surface area contributed by atoms with E-state index in [1.807, 2.05) is 48.5 Å². The van der Waals surface area contributed by atoms with E-state index >= 15 is 0 Å². The van der Waals surface area contributed by atoms with Gasteiger partial charge in [0.15, 0.2) is 0 Å². The number of piperidine rings is 1. The van der Waals surface area contributed by atoms with Gasteiger partial charge in [0.05, 0.1) is 13.7 Å². The van der Waals surface area contributed by atoms with Gasteiger partial charge in [0.25, 0.3) is 0 Å². The lowest BCUT2D eigenvalue weighted by Crippen LogP contribution is -2.37. The first-order valence-electron chi connectivity index (χ1n) is 10.5. The highest BCUT2D eigenvalue weighted by molar-refractivity contribution is 5.85. The molecule has 1 heterocycles. The van der Waals surface area contributed by atoms with Gasteiger partial charge in [-0.15, -0.1) is 12.4 Å². The zero-order valence-electron chi connectivity index (χ0n) is 17.6. The van der Waals surface area contributed by atoms with E-state index in [0.29, 0.717) is 13.0 Å². The fraction of sp³-hybridized carbons (Fsp3) is 0.500. The zero-order chi connectivity index (χ0) is 19.8. The minimum atomic E-state index is -1.10. The van der Waals surface area contributed by atoms with Crippen molar-refractivity contribution in [2.45, 2.75) is 44.6 Å². The lowest BCUT2D eigenvalue weighted by molar-refractivity contribution is 0.0522. The SMILES string of the molecule is CCCOc1ccc(C(O)(CCN2CCCCC2)c2ccccc2OC)cc1.Cl. The molecule has 0 saturated carbocycles. The minimum absolute atomic E-state index is 0. The van der Waals surface area contributed by atoms with Crippen LogP contribution in [0.5, 0.6) is 11.5 Å². The van der Waals surface area contributed by atoms with E-state index in [2.05, 4.69) is 11.8 Å². The van der Waals surface area contributed by atoms with Crippen LogP contribution in [0.1, 0.15) is 50.2 Å². The van der Waals surface area contributed by atoms with E-state index in [1.165, 1.54) is 19.3 Å². The second-order valence-electron chi connectivity index (χ2n) is 7.59. The molecule has 0 amide bonds. The summed E-state index contributed by atoms with van der Waals surface area (Å²) in [6, 6.07) is 15.6. The highest BCUT2D eigenvalue weighted by Crippen LogP contribution is 2.39. The molecule has 0 aliphatic carbocycles. The van der Waals surface area contributed by atoms with Gasteiger partial charge in [-0.3, -0.25) is 0 Å². The summed E-state index contributed by atoms with van der Waals surface area (Å²) in [5.74, 6) is 1.55. The molecule has 0 spiro atoms. The second kappa shape index (κ2) is 11.4. The van der Waals surface area contributed by atoms with Gasteiger partial charge in [0.2, 0.25) is 0 Å². The normalized spacial score (nSPS) is 16.5. The van der Waals surface area contributed by atoms with Crippen molar-refractivity contribution in [2.75, 3.05) is 33.4 Å². The molecule has 4 nitrogen and oxygen atoms in total. The molecule has 0 radical (unpaired) electrons. The summed E-state index contributed by atoms with van der Waals surface area (Å²) in [4.78, 5) is 2.46. The molecule has 160 valence electrons. The van der Waals surface area contributed by atoms with Crippen LogP contribution in [0.25, 0.3) is 0 Å². The Balaban J connectivity index is 0.00000300. The molecule has 1 aliphatic heterocycles. The molecule has 2 aromatic rings. The van der Waals surface area contributed by atoms with E-state index in [9.17, 15) is 5.11 Å². The number of aliphatic hydroxyl groups is 1. The molecule has 1 saturated heterocycles. The molecule has 1 atom stereocenters. The molecule has 29 heavy (non-hydrogen) atoms. The lowest BCUT2D eigenvalue weighted by Gasteiger charge is -2.34. The smallest absolute Gasteiger partial charge is 0.125 e. The number of rotatable bonds is 9. The Morgan fingerprint density at radius 2 is 1.69 bits per heavy atom. The number of benzene rings is 2. The number of ether oxygens (including phenoxy) is 2. The van der Waals surface area contributed by atoms with Crippen LogP contribution in [0.4, 0.5) is 0 Å². The number of hydrogen-bond donors (Lipinski definition) is 1. The summed E-state index contributed by atoms with van der Waals surface area (Å²) in [6.45, 7) is 5.89. The molecule has 1 N–H and O–H groups in total. The predicted molar refractivity (Wildman–Crippen MR) is 120 cm³/mol. The van der Waals surface area contributed by atoms with E-state index < -0.39 is 5.60 Å². The average molecular weight is 420 g/mol. The molecule has 5 heteroatoms. The van der Waals surface area contributed by atoms with Gasteiger partial charge >= 0.3 is 0 Å². The van der Waals surface area contributed by atoms with Crippen molar-refractivity contribution in [3.05, 3.63) is 59.7 Å². The molecule has 1 aliphatic rings. The highest BCUT2D eigenvalue weighted by Gasteiger charge is 2.34. The van der Waals surface area contributed by atoms with Crippen LogP contribution >= 0.6 is 12.4 Å². The topological polar surface area (TPSA) is 41.9 Å². The van der Waals surface area contributed by atoms with Crippen LogP contribution in [-0.4, -0.2) is 43.4 Å². The van der Waals surface area contributed by atoms with Crippen molar-refractivity contribution in [2.24, 2.45) is 0 Å². The quantitative estimate of drug-likeness (QED) is 0.619. The van der Waals surface area contributed by atoms with E-state index in [0.717, 1.165) is 48.7 Å². The van der Waals surface area contributed by atoms with Gasteiger partial charge in [0, 0.05) is 12.1 Å². The first-order valence-corrected chi connectivity index (χ1v) is 10.5. The predicted octanol–water partition coefficient (Wildman–Crippen LogP) is 5.02. The first-order chi connectivity index (χ1) is 13.7. The molecule has 2 aromatic carbocycles. The standard InChI is InChI=1S/C24H33NO3.ClH/c1-3-19-28-21-13-11-20(12-14-21)24(26,15-18-25-16-7-4-8-17-25)22-9-5-6-10-23(22)27-2;/h5-6,9-14,26H,3-4,7-8,15-19H2,1-2H3;1H. The second-order valence-corrected chi connectivity index (χ2v) is 7.59. The fourth-order valence-electron chi connectivity index (χ4n) is 3.97. The number of hydrogen-bond acceptors (Lipinski definition) is 4. The fourth-order valence-corrected chi connectivity index (χ4v) is 3.97. The Morgan fingerprint density at radius 1 is 1.00 bits per heavy atom. The third-order valence-corrected chi connectivity index (χ3v) is 5.60. The zero-order valence-corrected chi connectivity index (χ0v) is 18.4. The summed E-state index contributed by atoms with van der Waals surface area (Å²) >= 11 is 0. The minimum Gasteiger partial charge on any atom is -0.496 e. The number of para-hydroxylation sites is 1. The van der Waals surface area contributed by atoms with Crippen LogP contribution in [0.15, 0.2) is 48.5 Å². The van der Waals surface area contributed by atoms with Crippen LogP contribution < -0.4 is 9.47 Å². The maximum absolute atomic E-state index is 11.9. The average Bonchev–Trinajstić information content (AvgIpc) is 2.77. The summed E-state index contributed by atoms with van der Waals surface area (Å²) in [5.41, 5.74) is 0.586. The maximum Gasteiger partial charge on any atom is 0.125 e. The molecule has 1 fully saturated rings. The Bertz CT molecular complexity index is 731. The number of nitrogens with zero attached hydrogens (tertiary/aromatic N) is 1. The van der Waals surface area contributed by atoms with E-state index in [4.69, 9.17) is 9.47 Å². The van der Waals surface area contributed by atoms with E-state index in [-0.39, 0.29) is 12.4 Å². The van der Waals surface area contributed by atoms with Crippen molar-refractivity contribution in [3.63, 3.8) is 0 Å². The third kappa shape index (κ3) is 5.88. The van der Waals surface area contributed by atoms with Gasteiger partial charge < -0.3 is 19.5 Å². The summed E-state index contributed by atoms with van der Waals surface area (Å²) in [7, 11) is 1.66. The Morgan fingerprint density at radius 3 is 2.34 bits per heavy atom. The van der Waals surface area contributed by atoms with Crippen LogP contribution in [0.3, 0.4) is 0 Å². The van der Waals surface area contributed by atoms with Gasteiger partial charge in [0.1, 0.15) is 17.1 Å². The monoisotopic (exact) mass is 419 g/mol. The Hall–Kier alpha value is -1.75. The molecular formula is C24H34ClNO3. The number of likely N-dealkylation sites (tertiary alicyclic amines) is 1. The largest absolute Gasteiger partial charge is 0.496 e. The molecule has 0 bridgehead atoms. The Kier molecular flexibility index (Phi) is 9.28. The molecule has 1 unspecified atom stereocenters. The molecule has 3 rings (SSSR count). The van der Waals surface area contributed by atoms with Gasteiger partial charge in [-0.25, -0.2) is 0 Å². The molecule has 0 aromatic heterocycles. The van der Waals surface area contributed by atoms with Crippen molar-refractivity contribution in [3.8, 4) is 11.5 Å². The first kappa shape index (κ1) is 23.5. The lowest BCUT2D eigenvalue weighted by atomic mass is 9.82. The third-order valence-electron chi connectivity index (χ3n) is 5.60. The van der Waals surface area contributed by atoms with Crippen molar-refractivity contribution >= 4 is 12.4 Å². The van der Waals surface area contributed by atoms with E-state index in [1.54, 1.807) is 7.11 Å². The van der Waals surface area contributed by atoms with Crippen LogP contribution in [0, 0.1) is 0 Å². The number of methoxy groups -OCH3 is 1. The van der Waals surface area contributed by atoms with Gasteiger partial charge in [-0.2, -0.15) is 0 Å². The highest BCUT2D eigenvalue weighted by atomic mass is 35.5. The van der Waals surface area contributed by atoms with Crippen molar-refractivity contribution in [1.29, 1.82) is 0 Å². The summed E-state index contributed by atoms with van der Waals surface area (Å²) < 4.78 is 11.3. The van der Waals surface area contributed by atoms with Crippen LogP contribution in [-0.2, 0) is 5.60 Å². The van der Waals surface area contributed by atoms with Crippen molar-refractivity contribution < 1.29 is 14.6 Å². The number of halogens is 1. The summed E-state index contributed by atoms with van der Waals surface area (Å²) in [6.07, 6.45) is 5.41. The molecular weight excluding hydrogens is 386 g/mol. The van der Waals surface area contributed by atoms with Crippen LogP contribution in [0.2, 0.25) is 0 Å². The maximum atomic E-state index is 11.9. The van der Waals surface area contributed by atoms with Crippen molar-refractivity contribution in [1.82, 2.24) is 4.90 Å². The summed E-state index contributed by atoms with van der Waals surface area (Å²) in [5, 5.41) is 11.9.